The van der Waals surface area contributed by atoms with Crippen LogP contribution in [0, 0.1) is 0 Å². The van der Waals surface area contributed by atoms with E-state index in [2.05, 4.69) is 5.32 Å². The number of amides is 2. The molecule has 0 atom stereocenters. The van der Waals surface area contributed by atoms with E-state index in [1.54, 1.807) is 31.3 Å². The fourth-order valence-electron chi connectivity index (χ4n) is 2.26. The number of urea groups is 1. The number of hydrogen-bond donors (Lipinski definition) is 2. The summed E-state index contributed by atoms with van der Waals surface area (Å²) < 4.78 is 37.5. The van der Waals surface area contributed by atoms with Crippen LogP contribution in [0.2, 0.25) is 0 Å². The minimum Gasteiger partial charge on any atom is -0.508 e. The van der Waals surface area contributed by atoms with Gasteiger partial charge in [0.2, 0.25) is 0 Å². The number of nitrogens with zero attached hydrogens (tertiary/aromatic N) is 1. The summed E-state index contributed by atoms with van der Waals surface area (Å²) >= 11 is 0. The Morgan fingerprint density at radius 1 is 1.04 bits per heavy atom. The Bertz CT molecular complexity index is 698. The molecule has 0 spiro atoms. The minimum atomic E-state index is -4.34. The Kier molecular flexibility index (Phi) is 5.90. The summed E-state index contributed by atoms with van der Waals surface area (Å²) in [5.74, 6) is 0.160. The van der Waals surface area contributed by atoms with E-state index in [1.807, 2.05) is 0 Å². The summed E-state index contributed by atoms with van der Waals surface area (Å²) in [6, 6.07) is 11.2. The average Bonchev–Trinajstić information content (AvgIpc) is 2.56. The van der Waals surface area contributed by atoms with Crippen molar-refractivity contribution in [1.29, 1.82) is 0 Å². The van der Waals surface area contributed by atoms with Gasteiger partial charge >= 0.3 is 12.2 Å². The van der Waals surface area contributed by atoms with Gasteiger partial charge in [-0.1, -0.05) is 24.3 Å². The first-order chi connectivity index (χ1) is 11.8. The summed E-state index contributed by atoms with van der Waals surface area (Å²) in [5, 5.41) is 12.0. The molecule has 0 fully saturated rings. The van der Waals surface area contributed by atoms with Crippen molar-refractivity contribution >= 4 is 6.03 Å². The van der Waals surface area contributed by atoms with Crippen molar-refractivity contribution in [2.45, 2.75) is 19.1 Å². The Hall–Kier alpha value is -2.70. The summed E-state index contributed by atoms with van der Waals surface area (Å²) in [5.41, 5.74) is 0.904. The van der Waals surface area contributed by atoms with E-state index in [-0.39, 0.29) is 11.8 Å². The van der Waals surface area contributed by atoms with Crippen molar-refractivity contribution in [1.82, 2.24) is 10.2 Å². The lowest BCUT2D eigenvalue weighted by Gasteiger charge is -2.18. The summed E-state index contributed by atoms with van der Waals surface area (Å²) in [7, 11) is 1.64. The largest absolute Gasteiger partial charge is 0.508 e. The van der Waals surface area contributed by atoms with Crippen LogP contribution >= 0.6 is 0 Å². The predicted octanol–water partition coefficient (Wildman–Crippen LogP) is 3.80. The minimum absolute atomic E-state index is 0.160. The number of phenols is 1. The Labute approximate surface area is 143 Å². The van der Waals surface area contributed by atoms with Crippen LogP contribution in [-0.4, -0.2) is 29.6 Å². The van der Waals surface area contributed by atoms with Crippen LogP contribution in [0.25, 0.3) is 0 Å². The highest BCUT2D eigenvalue weighted by atomic mass is 19.4. The van der Waals surface area contributed by atoms with Gasteiger partial charge in [-0.3, -0.25) is 0 Å². The molecule has 7 heteroatoms. The maximum atomic E-state index is 12.5. The number of alkyl halides is 3. The van der Waals surface area contributed by atoms with Gasteiger partial charge in [0.1, 0.15) is 5.75 Å². The lowest BCUT2D eigenvalue weighted by molar-refractivity contribution is -0.137. The van der Waals surface area contributed by atoms with Gasteiger partial charge in [0.15, 0.2) is 0 Å². The summed E-state index contributed by atoms with van der Waals surface area (Å²) in [6.07, 6.45) is -3.90. The zero-order valence-electron chi connectivity index (χ0n) is 13.7. The van der Waals surface area contributed by atoms with E-state index in [0.29, 0.717) is 19.5 Å². The number of benzene rings is 2. The molecule has 2 N–H and O–H groups in total. The number of aromatic hydroxyl groups is 1. The fourth-order valence-corrected chi connectivity index (χ4v) is 2.26. The monoisotopic (exact) mass is 352 g/mol. The highest BCUT2D eigenvalue weighted by Gasteiger charge is 2.29. The molecule has 134 valence electrons. The van der Waals surface area contributed by atoms with Crippen LogP contribution in [0.5, 0.6) is 5.75 Å². The average molecular weight is 352 g/mol. The Morgan fingerprint density at radius 3 is 2.16 bits per heavy atom. The van der Waals surface area contributed by atoms with Gasteiger partial charge in [-0.15, -0.1) is 0 Å². The maximum Gasteiger partial charge on any atom is 0.416 e. The standard InChI is InChI=1S/C18H19F3N2O2/c1-23(12-14-4-8-16(24)9-5-14)17(25)22-11-10-13-2-6-15(7-3-13)18(19,20)21/h2-9,24H,10-12H2,1H3,(H,22,25). The van der Waals surface area contributed by atoms with Crippen molar-refractivity contribution < 1.29 is 23.1 Å². The van der Waals surface area contributed by atoms with Gasteiger partial charge < -0.3 is 15.3 Å². The number of carbonyl (C=O) groups is 1. The maximum absolute atomic E-state index is 12.5. The smallest absolute Gasteiger partial charge is 0.416 e. The van der Waals surface area contributed by atoms with Crippen LogP contribution in [0.4, 0.5) is 18.0 Å². The molecule has 25 heavy (non-hydrogen) atoms. The van der Waals surface area contributed by atoms with E-state index >= 15 is 0 Å². The molecule has 0 aliphatic heterocycles. The van der Waals surface area contributed by atoms with Gasteiger partial charge in [-0.25, -0.2) is 4.79 Å². The van der Waals surface area contributed by atoms with E-state index in [0.717, 1.165) is 23.3 Å². The molecule has 4 nitrogen and oxygen atoms in total. The molecular weight excluding hydrogens is 333 g/mol. The molecule has 0 bridgehead atoms. The van der Waals surface area contributed by atoms with Gasteiger partial charge in [-0.2, -0.15) is 13.2 Å². The first-order valence-corrected chi connectivity index (χ1v) is 7.69. The molecule has 2 aromatic rings. The first kappa shape index (κ1) is 18.6. The van der Waals surface area contributed by atoms with Crippen molar-refractivity contribution in [3.8, 4) is 5.75 Å². The van der Waals surface area contributed by atoms with E-state index in [1.165, 1.54) is 17.0 Å². The zero-order chi connectivity index (χ0) is 18.4. The molecule has 0 saturated heterocycles. The molecule has 2 amide bonds. The summed E-state index contributed by atoms with van der Waals surface area (Å²) in [4.78, 5) is 13.5. The van der Waals surface area contributed by atoms with Crippen LogP contribution in [0.3, 0.4) is 0 Å². The van der Waals surface area contributed by atoms with Crippen molar-refractivity contribution in [2.24, 2.45) is 0 Å². The van der Waals surface area contributed by atoms with Crippen molar-refractivity contribution in [2.75, 3.05) is 13.6 Å². The zero-order valence-corrected chi connectivity index (χ0v) is 13.7. The second-order valence-corrected chi connectivity index (χ2v) is 5.70. The van der Waals surface area contributed by atoms with Gasteiger partial charge in [0.25, 0.3) is 0 Å². The molecule has 0 radical (unpaired) electrons. The summed E-state index contributed by atoms with van der Waals surface area (Å²) in [6.45, 7) is 0.705. The third-order valence-corrected chi connectivity index (χ3v) is 3.67. The quantitative estimate of drug-likeness (QED) is 0.860. The normalized spacial score (nSPS) is 11.2. The van der Waals surface area contributed by atoms with Crippen LogP contribution < -0.4 is 5.32 Å². The van der Waals surface area contributed by atoms with E-state index in [4.69, 9.17) is 0 Å². The molecule has 0 aromatic heterocycles. The Balaban J connectivity index is 1.78. The first-order valence-electron chi connectivity index (χ1n) is 7.69. The lowest BCUT2D eigenvalue weighted by Crippen LogP contribution is -2.37. The number of halogens is 3. The van der Waals surface area contributed by atoms with Crippen molar-refractivity contribution in [3.05, 3.63) is 65.2 Å². The van der Waals surface area contributed by atoms with Crippen LogP contribution in [0.1, 0.15) is 16.7 Å². The predicted molar refractivity (Wildman–Crippen MR) is 88.1 cm³/mol. The third-order valence-electron chi connectivity index (χ3n) is 3.67. The fraction of sp³-hybridized carbons (Fsp3) is 0.278. The highest BCUT2D eigenvalue weighted by molar-refractivity contribution is 5.73. The van der Waals surface area contributed by atoms with E-state index in [9.17, 15) is 23.1 Å². The Morgan fingerprint density at radius 2 is 1.60 bits per heavy atom. The molecule has 2 aromatic carbocycles. The molecule has 0 saturated carbocycles. The molecular formula is C18H19F3N2O2. The molecule has 2 rings (SSSR count). The highest BCUT2D eigenvalue weighted by Crippen LogP contribution is 2.29. The van der Waals surface area contributed by atoms with Gasteiger partial charge in [0.05, 0.1) is 5.56 Å². The van der Waals surface area contributed by atoms with Gasteiger partial charge in [-0.05, 0) is 41.8 Å². The molecule has 0 aliphatic rings. The SMILES string of the molecule is CN(Cc1ccc(O)cc1)C(=O)NCCc1ccc(C(F)(F)F)cc1. The number of phenolic OH excluding ortho intramolecular Hbond substituents is 1. The van der Waals surface area contributed by atoms with Gasteiger partial charge in [0, 0.05) is 20.1 Å². The second kappa shape index (κ2) is 7.92. The number of nitrogens with one attached hydrogen (secondary N) is 1. The van der Waals surface area contributed by atoms with Crippen molar-refractivity contribution in [3.63, 3.8) is 0 Å². The number of rotatable bonds is 5. The van der Waals surface area contributed by atoms with Crippen LogP contribution in [-0.2, 0) is 19.1 Å². The third kappa shape index (κ3) is 5.70. The molecule has 0 unspecified atom stereocenters. The lowest BCUT2D eigenvalue weighted by atomic mass is 10.1. The number of carbonyl (C=O) groups excluding carboxylic acids is 1. The molecule has 0 aliphatic carbocycles. The number of hydrogen-bond acceptors (Lipinski definition) is 2. The second-order valence-electron chi connectivity index (χ2n) is 5.70. The van der Waals surface area contributed by atoms with Crippen LogP contribution in [0.15, 0.2) is 48.5 Å². The molecule has 0 heterocycles. The topological polar surface area (TPSA) is 52.6 Å². The van der Waals surface area contributed by atoms with E-state index < -0.39 is 11.7 Å².